The van der Waals surface area contributed by atoms with E-state index in [0.29, 0.717) is 0 Å². The zero-order valence-electron chi connectivity index (χ0n) is 10.6. The number of aryl methyl sites for hydroxylation is 1. The van der Waals surface area contributed by atoms with Crippen molar-refractivity contribution in [1.29, 1.82) is 0 Å². The highest BCUT2D eigenvalue weighted by molar-refractivity contribution is 9.10. The molecule has 5 heteroatoms. The SMILES string of the molecule is COC(=O)C(Nc1cccc(C)c1)c1sccc1Br. The molecule has 1 aromatic carbocycles. The summed E-state index contributed by atoms with van der Waals surface area (Å²) in [6.45, 7) is 2.01. The Labute approximate surface area is 124 Å². The molecule has 0 aliphatic carbocycles. The fraction of sp³-hybridized carbons (Fsp3) is 0.214. The van der Waals surface area contributed by atoms with Crippen LogP contribution in [0.1, 0.15) is 16.5 Å². The van der Waals surface area contributed by atoms with E-state index in [1.165, 1.54) is 18.4 Å². The Morgan fingerprint density at radius 3 is 2.79 bits per heavy atom. The third-order valence-corrected chi connectivity index (χ3v) is 4.61. The van der Waals surface area contributed by atoms with E-state index in [1.807, 2.05) is 42.6 Å². The summed E-state index contributed by atoms with van der Waals surface area (Å²) in [5.41, 5.74) is 2.04. The van der Waals surface area contributed by atoms with Crippen molar-refractivity contribution in [2.75, 3.05) is 12.4 Å². The summed E-state index contributed by atoms with van der Waals surface area (Å²) in [6.07, 6.45) is 0. The highest BCUT2D eigenvalue weighted by Gasteiger charge is 2.24. The molecular weight excluding hydrogens is 326 g/mol. The largest absolute Gasteiger partial charge is 0.467 e. The molecule has 0 saturated carbocycles. The second-order valence-electron chi connectivity index (χ2n) is 4.10. The molecule has 0 amide bonds. The van der Waals surface area contributed by atoms with Gasteiger partial charge < -0.3 is 10.1 Å². The average Bonchev–Trinajstić information content (AvgIpc) is 2.81. The van der Waals surface area contributed by atoms with Crippen molar-refractivity contribution in [2.45, 2.75) is 13.0 Å². The highest BCUT2D eigenvalue weighted by Crippen LogP contribution is 2.32. The van der Waals surface area contributed by atoms with E-state index >= 15 is 0 Å². The van der Waals surface area contributed by atoms with Crippen LogP contribution in [-0.4, -0.2) is 13.1 Å². The minimum Gasteiger partial charge on any atom is -0.467 e. The molecule has 0 spiro atoms. The van der Waals surface area contributed by atoms with Crippen molar-refractivity contribution in [3.8, 4) is 0 Å². The number of carbonyl (C=O) groups is 1. The van der Waals surface area contributed by atoms with E-state index in [9.17, 15) is 4.79 Å². The predicted molar refractivity (Wildman–Crippen MR) is 81.6 cm³/mol. The molecule has 100 valence electrons. The van der Waals surface area contributed by atoms with Crippen LogP contribution in [0.2, 0.25) is 0 Å². The van der Waals surface area contributed by atoms with Gasteiger partial charge in [0.25, 0.3) is 0 Å². The summed E-state index contributed by atoms with van der Waals surface area (Å²) in [5, 5.41) is 5.16. The molecule has 0 aliphatic heterocycles. The van der Waals surface area contributed by atoms with Gasteiger partial charge in [-0.25, -0.2) is 4.79 Å². The lowest BCUT2D eigenvalue weighted by Gasteiger charge is -2.17. The van der Waals surface area contributed by atoms with Gasteiger partial charge in [-0.05, 0) is 52.0 Å². The fourth-order valence-electron chi connectivity index (χ4n) is 1.76. The zero-order chi connectivity index (χ0) is 13.8. The zero-order valence-corrected chi connectivity index (χ0v) is 13.0. The third-order valence-electron chi connectivity index (χ3n) is 2.67. The van der Waals surface area contributed by atoms with Crippen molar-refractivity contribution in [2.24, 2.45) is 0 Å². The molecule has 0 fully saturated rings. The number of ether oxygens (including phenoxy) is 1. The first-order valence-electron chi connectivity index (χ1n) is 5.75. The number of hydrogen-bond acceptors (Lipinski definition) is 4. The van der Waals surface area contributed by atoms with E-state index in [0.717, 1.165) is 20.6 Å². The Morgan fingerprint density at radius 1 is 1.42 bits per heavy atom. The van der Waals surface area contributed by atoms with Gasteiger partial charge in [-0.3, -0.25) is 0 Å². The molecule has 2 rings (SSSR count). The van der Waals surface area contributed by atoms with Crippen LogP contribution in [0.3, 0.4) is 0 Å². The smallest absolute Gasteiger partial charge is 0.333 e. The molecule has 3 nitrogen and oxygen atoms in total. The van der Waals surface area contributed by atoms with Gasteiger partial charge in [0, 0.05) is 10.2 Å². The third kappa shape index (κ3) is 3.36. The van der Waals surface area contributed by atoms with Crippen LogP contribution in [0.5, 0.6) is 0 Å². The maximum atomic E-state index is 12.0. The first kappa shape index (κ1) is 14.1. The Kier molecular flexibility index (Phi) is 4.61. The molecule has 0 radical (unpaired) electrons. The van der Waals surface area contributed by atoms with E-state index in [1.54, 1.807) is 0 Å². The number of anilines is 1. The van der Waals surface area contributed by atoms with Crippen LogP contribution < -0.4 is 5.32 Å². The summed E-state index contributed by atoms with van der Waals surface area (Å²) in [7, 11) is 1.40. The van der Waals surface area contributed by atoms with Crippen LogP contribution in [0.4, 0.5) is 5.69 Å². The molecule has 0 bridgehead atoms. The Hall–Kier alpha value is -1.33. The van der Waals surface area contributed by atoms with E-state index in [4.69, 9.17) is 4.74 Å². The number of halogens is 1. The standard InChI is InChI=1S/C14H14BrNO2S/c1-9-4-3-5-10(8-9)16-12(14(17)18-2)13-11(15)6-7-19-13/h3-8,12,16H,1-2H3. The minimum absolute atomic E-state index is 0.301. The molecular formula is C14H14BrNO2S. The maximum Gasteiger partial charge on any atom is 0.333 e. The number of rotatable bonds is 4. The average molecular weight is 340 g/mol. The van der Waals surface area contributed by atoms with E-state index in [-0.39, 0.29) is 5.97 Å². The van der Waals surface area contributed by atoms with Gasteiger partial charge in [-0.1, -0.05) is 12.1 Å². The Balaban J connectivity index is 2.29. The van der Waals surface area contributed by atoms with Gasteiger partial charge in [-0.15, -0.1) is 11.3 Å². The molecule has 1 atom stereocenters. The number of esters is 1. The van der Waals surface area contributed by atoms with Gasteiger partial charge in [0.1, 0.15) is 0 Å². The lowest BCUT2D eigenvalue weighted by molar-refractivity contribution is -0.141. The molecule has 0 aliphatic rings. The summed E-state index contributed by atoms with van der Waals surface area (Å²) in [6, 6.07) is 9.33. The summed E-state index contributed by atoms with van der Waals surface area (Å²) in [4.78, 5) is 12.9. The highest BCUT2D eigenvalue weighted by atomic mass is 79.9. The van der Waals surface area contributed by atoms with Crippen LogP contribution in [0.25, 0.3) is 0 Å². The molecule has 0 saturated heterocycles. The number of benzene rings is 1. The summed E-state index contributed by atoms with van der Waals surface area (Å²) in [5.74, 6) is -0.301. The number of nitrogens with one attached hydrogen (secondary N) is 1. The van der Waals surface area contributed by atoms with Gasteiger partial charge in [-0.2, -0.15) is 0 Å². The number of carbonyl (C=O) groups excluding carboxylic acids is 1. The second kappa shape index (κ2) is 6.21. The van der Waals surface area contributed by atoms with Crippen molar-refractivity contribution in [3.05, 3.63) is 50.6 Å². The lowest BCUT2D eigenvalue weighted by atomic mass is 10.2. The minimum atomic E-state index is -0.499. The van der Waals surface area contributed by atoms with Gasteiger partial charge in [0.15, 0.2) is 6.04 Å². The van der Waals surface area contributed by atoms with Crippen molar-refractivity contribution in [3.63, 3.8) is 0 Å². The predicted octanol–water partition coefficient (Wildman–Crippen LogP) is 4.15. The van der Waals surface area contributed by atoms with Crippen molar-refractivity contribution in [1.82, 2.24) is 0 Å². The molecule has 1 aromatic heterocycles. The quantitative estimate of drug-likeness (QED) is 0.850. The normalized spacial score (nSPS) is 11.9. The Bertz CT molecular complexity index is 582. The van der Waals surface area contributed by atoms with Crippen LogP contribution in [0.15, 0.2) is 40.2 Å². The summed E-state index contributed by atoms with van der Waals surface area (Å²) < 4.78 is 5.79. The van der Waals surface area contributed by atoms with E-state index < -0.39 is 6.04 Å². The van der Waals surface area contributed by atoms with Gasteiger partial charge >= 0.3 is 5.97 Å². The van der Waals surface area contributed by atoms with Crippen LogP contribution in [0, 0.1) is 6.92 Å². The first-order valence-corrected chi connectivity index (χ1v) is 7.43. The first-order chi connectivity index (χ1) is 9.11. The molecule has 1 N–H and O–H groups in total. The Morgan fingerprint density at radius 2 is 2.21 bits per heavy atom. The fourth-order valence-corrected chi connectivity index (χ4v) is 3.40. The van der Waals surface area contributed by atoms with Crippen LogP contribution in [-0.2, 0) is 9.53 Å². The number of thiophene rings is 1. The lowest BCUT2D eigenvalue weighted by Crippen LogP contribution is -2.21. The molecule has 1 unspecified atom stereocenters. The molecule has 19 heavy (non-hydrogen) atoms. The summed E-state index contributed by atoms with van der Waals surface area (Å²) >= 11 is 4.97. The van der Waals surface area contributed by atoms with Gasteiger partial charge in [0.2, 0.25) is 0 Å². The molecule has 2 aromatic rings. The van der Waals surface area contributed by atoms with Gasteiger partial charge in [0.05, 0.1) is 12.0 Å². The van der Waals surface area contributed by atoms with E-state index in [2.05, 4.69) is 21.2 Å². The number of methoxy groups -OCH3 is 1. The van der Waals surface area contributed by atoms with Crippen molar-refractivity contribution >= 4 is 38.9 Å². The van der Waals surface area contributed by atoms with Crippen molar-refractivity contribution < 1.29 is 9.53 Å². The maximum absolute atomic E-state index is 12.0. The molecule has 1 heterocycles. The monoisotopic (exact) mass is 339 g/mol. The topological polar surface area (TPSA) is 38.3 Å². The second-order valence-corrected chi connectivity index (χ2v) is 5.90. The van der Waals surface area contributed by atoms with Crippen LogP contribution >= 0.6 is 27.3 Å². The number of hydrogen-bond donors (Lipinski definition) is 1.